The summed E-state index contributed by atoms with van der Waals surface area (Å²) in [6.07, 6.45) is 1.09. The Kier molecular flexibility index (Phi) is 6.47. The second-order valence-electron chi connectivity index (χ2n) is 4.66. The molecule has 1 unspecified atom stereocenters. The van der Waals surface area contributed by atoms with Crippen LogP contribution in [0.3, 0.4) is 0 Å². The van der Waals surface area contributed by atoms with Gasteiger partial charge >= 0.3 is 5.97 Å². The Labute approximate surface area is 104 Å². The maximum atomic E-state index is 11.8. The molecule has 0 spiro atoms. The third-order valence-electron chi connectivity index (χ3n) is 2.96. The summed E-state index contributed by atoms with van der Waals surface area (Å²) in [6, 6.07) is -0.106. The smallest absolute Gasteiger partial charge is 0.324 e. The van der Waals surface area contributed by atoms with Crippen LogP contribution in [0, 0.1) is 0 Å². The predicted molar refractivity (Wildman–Crippen MR) is 68.0 cm³/mol. The summed E-state index contributed by atoms with van der Waals surface area (Å²) < 4.78 is 5.11. The van der Waals surface area contributed by atoms with Crippen molar-refractivity contribution in [3.8, 4) is 0 Å². The first kappa shape index (κ1) is 14.4. The van der Waals surface area contributed by atoms with Crippen molar-refractivity contribution in [3.05, 3.63) is 0 Å². The zero-order chi connectivity index (χ0) is 12.7. The fourth-order valence-electron chi connectivity index (χ4n) is 2.07. The van der Waals surface area contributed by atoms with Crippen LogP contribution < -0.4 is 5.32 Å². The lowest BCUT2D eigenvalue weighted by Crippen LogP contribution is -2.55. The van der Waals surface area contributed by atoms with E-state index in [1.807, 2.05) is 6.92 Å². The summed E-state index contributed by atoms with van der Waals surface area (Å²) in [7, 11) is 4.14. The third kappa shape index (κ3) is 5.02. The minimum Gasteiger partial charge on any atom is -0.465 e. The van der Waals surface area contributed by atoms with Gasteiger partial charge in [-0.25, -0.2) is 0 Å². The lowest BCUT2D eigenvalue weighted by Gasteiger charge is -2.34. The molecule has 1 aliphatic heterocycles. The predicted octanol–water partition coefficient (Wildman–Crippen LogP) is -0.225. The summed E-state index contributed by atoms with van der Waals surface area (Å²) >= 11 is 0. The average molecular weight is 243 g/mol. The highest BCUT2D eigenvalue weighted by molar-refractivity contribution is 5.76. The molecule has 0 aromatic rings. The van der Waals surface area contributed by atoms with Gasteiger partial charge in [0, 0.05) is 26.2 Å². The van der Waals surface area contributed by atoms with E-state index in [4.69, 9.17) is 4.74 Å². The molecule has 17 heavy (non-hydrogen) atoms. The number of carbonyl (C=O) groups is 1. The minimum absolute atomic E-state index is 0.0930. The number of carbonyl (C=O) groups excluding carboxylic acids is 1. The van der Waals surface area contributed by atoms with Gasteiger partial charge in [0.2, 0.25) is 0 Å². The number of nitrogens with zero attached hydrogens (tertiary/aromatic N) is 2. The molecule has 0 aromatic heterocycles. The van der Waals surface area contributed by atoms with Gasteiger partial charge in [0.25, 0.3) is 0 Å². The summed E-state index contributed by atoms with van der Waals surface area (Å²) in [6.45, 7) is 6.92. The first-order valence-corrected chi connectivity index (χ1v) is 6.41. The topological polar surface area (TPSA) is 44.8 Å². The van der Waals surface area contributed by atoms with E-state index in [2.05, 4.69) is 29.2 Å². The Morgan fingerprint density at radius 3 is 2.94 bits per heavy atom. The second-order valence-corrected chi connectivity index (χ2v) is 4.66. The van der Waals surface area contributed by atoms with Crippen LogP contribution in [0.1, 0.15) is 13.3 Å². The molecule has 1 rings (SSSR count). The van der Waals surface area contributed by atoms with Gasteiger partial charge in [0.1, 0.15) is 6.04 Å². The molecule has 5 heteroatoms. The van der Waals surface area contributed by atoms with Gasteiger partial charge in [-0.2, -0.15) is 0 Å². The number of ether oxygens (including phenoxy) is 1. The highest BCUT2D eigenvalue weighted by Gasteiger charge is 2.29. The van der Waals surface area contributed by atoms with E-state index in [0.29, 0.717) is 13.2 Å². The van der Waals surface area contributed by atoms with Crippen LogP contribution in [0.15, 0.2) is 0 Å². The molecule has 1 heterocycles. The molecule has 1 saturated heterocycles. The summed E-state index contributed by atoms with van der Waals surface area (Å²) in [5.41, 5.74) is 0. The molecule has 1 N–H and O–H groups in total. The van der Waals surface area contributed by atoms with Gasteiger partial charge < -0.3 is 15.0 Å². The van der Waals surface area contributed by atoms with Crippen molar-refractivity contribution in [2.75, 3.05) is 53.4 Å². The number of piperazine rings is 1. The molecule has 1 atom stereocenters. The number of hydrogen-bond acceptors (Lipinski definition) is 5. The van der Waals surface area contributed by atoms with Crippen molar-refractivity contribution >= 4 is 5.97 Å². The van der Waals surface area contributed by atoms with Gasteiger partial charge in [-0.1, -0.05) is 0 Å². The number of rotatable bonds is 6. The van der Waals surface area contributed by atoms with Crippen molar-refractivity contribution in [3.63, 3.8) is 0 Å². The number of hydrogen-bond donors (Lipinski definition) is 1. The molecule has 0 amide bonds. The molecule has 0 saturated carbocycles. The van der Waals surface area contributed by atoms with Crippen molar-refractivity contribution in [1.29, 1.82) is 0 Å². The van der Waals surface area contributed by atoms with Gasteiger partial charge in [-0.05, 0) is 34.0 Å². The monoisotopic (exact) mass is 243 g/mol. The molecule has 0 radical (unpaired) electrons. The normalized spacial score (nSPS) is 21.8. The van der Waals surface area contributed by atoms with E-state index < -0.39 is 0 Å². The largest absolute Gasteiger partial charge is 0.465 e. The van der Waals surface area contributed by atoms with Gasteiger partial charge in [-0.3, -0.25) is 9.69 Å². The van der Waals surface area contributed by atoms with Crippen molar-refractivity contribution in [1.82, 2.24) is 15.1 Å². The summed E-state index contributed by atoms with van der Waals surface area (Å²) in [5, 5.41) is 3.25. The highest BCUT2D eigenvalue weighted by atomic mass is 16.5. The standard InChI is InChI=1S/C12H25N3O2/c1-4-17-12(16)11-10-13-6-9-15(11)8-5-7-14(2)3/h11,13H,4-10H2,1-3H3. The van der Waals surface area contributed by atoms with Crippen LogP contribution >= 0.6 is 0 Å². The van der Waals surface area contributed by atoms with E-state index in [9.17, 15) is 4.79 Å². The lowest BCUT2D eigenvalue weighted by atomic mass is 10.2. The van der Waals surface area contributed by atoms with Crippen LogP contribution in [0.5, 0.6) is 0 Å². The quantitative estimate of drug-likeness (QED) is 0.653. The Balaban J connectivity index is 2.39. The lowest BCUT2D eigenvalue weighted by molar-refractivity contribution is -0.150. The van der Waals surface area contributed by atoms with Gasteiger partial charge in [0.15, 0.2) is 0 Å². The van der Waals surface area contributed by atoms with Gasteiger partial charge in [0.05, 0.1) is 6.61 Å². The van der Waals surface area contributed by atoms with Crippen molar-refractivity contribution in [2.45, 2.75) is 19.4 Å². The van der Waals surface area contributed by atoms with E-state index in [1.165, 1.54) is 0 Å². The Bertz CT molecular complexity index is 234. The Morgan fingerprint density at radius 2 is 2.29 bits per heavy atom. The van der Waals surface area contributed by atoms with Crippen LogP contribution in [0.25, 0.3) is 0 Å². The summed E-state index contributed by atoms with van der Waals surface area (Å²) in [4.78, 5) is 16.2. The van der Waals surface area contributed by atoms with E-state index >= 15 is 0 Å². The number of esters is 1. The fourth-order valence-corrected chi connectivity index (χ4v) is 2.07. The molecule has 1 fully saturated rings. The maximum Gasteiger partial charge on any atom is 0.324 e. The van der Waals surface area contributed by atoms with Crippen molar-refractivity contribution in [2.24, 2.45) is 0 Å². The van der Waals surface area contributed by atoms with Crippen LogP contribution in [-0.4, -0.2) is 75.2 Å². The zero-order valence-electron chi connectivity index (χ0n) is 11.2. The van der Waals surface area contributed by atoms with E-state index in [-0.39, 0.29) is 12.0 Å². The third-order valence-corrected chi connectivity index (χ3v) is 2.96. The minimum atomic E-state index is -0.106. The first-order valence-electron chi connectivity index (χ1n) is 6.41. The molecule has 100 valence electrons. The Hall–Kier alpha value is -0.650. The van der Waals surface area contributed by atoms with E-state index in [0.717, 1.165) is 32.6 Å². The van der Waals surface area contributed by atoms with E-state index in [1.54, 1.807) is 0 Å². The molecule has 1 aliphatic rings. The Morgan fingerprint density at radius 1 is 1.53 bits per heavy atom. The first-order chi connectivity index (χ1) is 8.15. The van der Waals surface area contributed by atoms with Crippen LogP contribution in [0.4, 0.5) is 0 Å². The molecular formula is C12H25N3O2. The fraction of sp³-hybridized carbons (Fsp3) is 0.917. The molecular weight excluding hydrogens is 218 g/mol. The maximum absolute atomic E-state index is 11.8. The SMILES string of the molecule is CCOC(=O)C1CNCCN1CCCN(C)C. The molecule has 0 aromatic carbocycles. The molecule has 5 nitrogen and oxygen atoms in total. The summed E-state index contributed by atoms with van der Waals surface area (Å²) in [5.74, 6) is -0.0930. The zero-order valence-corrected chi connectivity index (χ0v) is 11.2. The molecule has 0 aliphatic carbocycles. The van der Waals surface area contributed by atoms with Crippen molar-refractivity contribution < 1.29 is 9.53 Å². The van der Waals surface area contributed by atoms with Gasteiger partial charge in [-0.15, -0.1) is 0 Å². The highest BCUT2D eigenvalue weighted by Crippen LogP contribution is 2.06. The molecule has 0 bridgehead atoms. The van der Waals surface area contributed by atoms with Crippen LogP contribution in [0.2, 0.25) is 0 Å². The second kappa shape index (κ2) is 7.63. The van der Waals surface area contributed by atoms with Crippen LogP contribution in [-0.2, 0) is 9.53 Å². The number of nitrogens with one attached hydrogen (secondary N) is 1. The average Bonchev–Trinajstić information content (AvgIpc) is 2.29.